The highest BCUT2D eigenvalue weighted by Gasteiger charge is 2.35. The van der Waals surface area contributed by atoms with E-state index in [9.17, 15) is 4.79 Å². The van der Waals surface area contributed by atoms with Gasteiger partial charge in [0.1, 0.15) is 0 Å². The zero-order valence-electron chi connectivity index (χ0n) is 11.7. The van der Waals surface area contributed by atoms with E-state index in [1.54, 1.807) is 0 Å². The summed E-state index contributed by atoms with van der Waals surface area (Å²) in [7, 11) is 1.41. The number of hydrogen-bond acceptors (Lipinski definition) is 4. The van der Waals surface area contributed by atoms with Crippen LogP contribution < -0.4 is 5.32 Å². The van der Waals surface area contributed by atoms with Crippen LogP contribution in [-0.4, -0.2) is 44.2 Å². The Bertz CT molecular complexity index is 451. The lowest BCUT2D eigenvalue weighted by Crippen LogP contribution is -2.25. The normalized spacial score (nSPS) is 25.1. The van der Waals surface area contributed by atoms with Crippen molar-refractivity contribution in [3.8, 4) is 0 Å². The Morgan fingerprint density at radius 1 is 1.25 bits per heavy atom. The predicted octanol–water partition coefficient (Wildman–Crippen LogP) is 1.55. The first-order valence-corrected chi connectivity index (χ1v) is 6.86. The lowest BCUT2D eigenvalue weighted by atomic mass is 10.0. The number of rotatable bonds is 3. The number of nitrogens with zero attached hydrogens (tertiary/aromatic N) is 1. The highest BCUT2D eigenvalue weighted by atomic mass is 35.5. The number of carbonyl (C=O) groups excluding carboxylic acids is 1. The Hall–Kier alpha value is -1.10. The molecule has 0 aromatic heterocycles. The predicted molar refractivity (Wildman–Crippen MR) is 80.2 cm³/mol. The zero-order chi connectivity index (χ0) is 13.2. The van der Waals surface area contributed by atoms with Gasteiger partial charge >= 0.3 is 5.97 Å². The molecule has 0 amide bonds. The molecule has 2 aliphatic heterocycles. The monoisotopic (exact) mass is 296 g/mol. The molecule has 0 unspecified atom stereocenters. The van der Waals surface area contributed by atoms with E-state index in [1.165, 1.54) is 38.9 Å². The summed E-state index contributed by atoms with van der Waals surface area (Å²) in [6.07, 6.45) is 0. The average Bonchev–Trinajstić information content (AvgIpc) is 2.99. The minimum atomic E-state index is -0.270. The molecule has 4 nitrogen and oxygen atoms in total. The lowest BCUT2D eigenvalue weighted by Gasteiger charge is -2.17. The van der Waals surface area contributed by atoms with Crippen LogP contribution in [0.2, 0.25) is 0 Å². The summed E-state index contributed by atoms with van der Waals surface area (Å²) in [5.41, 5.74) is 1.88. The van der Waals surface area contributed by atoms with Gasteiger partial charge in [-0.05, 0) is 42.6 Å². The number of fused-ring (bicyclic) bond motifs is 1. The van der Waals surface area contributed by atoms with Crippen LogP contribution in [0.25, 0.3) is 0 Å². The maximum absolute atomic E-state index is 11.4. The quantitative estimate of drug-likeness (QED) is 0.859. The topological polar surface area (TPSA) is 41.6 Å². The van der Waals surface area contributed by atoms with Crippen LogP contribution in [0.3, 0.4) is 0 Å². The largest absolute Gasteiger partial charge is 0.465 e. The number of methoxy groups -OCH3 is 1. The van der Waals surface area contributed by atoms with E-state index in [0.717, 1.165) is 18.4 Å². The van der Waals surface area contributed by atoms with E-state index >= 15 is 0 Å². The van der Waals surface area contributed by atoms with E-state index in [-0.39, 0.29) is 18.4 Å². The number of benzene rings is 1. The van der Waals surface area contributed by atoms with Crippen LogP contribution in [-0.2, 0) is 11.3 Å². The molecule has 2 fully saturated rings. The molecular formula is C15H21ClN2O2. The van der Waals surface area contributed by atoms with Crippen molar-refractivity contribution < 1.29 is 9.53 Å². The molecule has 0 spiro atoms. The second-order valence-electron chi connectivity index (χ2n) is 5.56. The first-order chi connectivity index (χ1) is 9.26. The smallest absolute Gasteiger partial charge is 0.337 e. The molecule has 2 aliphatic rings. The number of ether oxygens (including phenoxy) is 1. The third-order valence-electron chi connectivity index (χ3n) is 4.25. The van der Waals surface area contributed by atoms with E-state index in [4.69, 9.17) is 4.74 Å². The molecule has 0 aliphatic carbocycles. The highest BCUT2D eigenvalue weighted by molar-refractivity contribution is 5.89. The molecule has 1 aromatic rings. The zero-order valence-corrected chi connectivity index (χ0v) is 12.5. The molecule has 2 saturated heterocycles. The maximum Gasteiger partial charge on any atom is 0.337 e. The molecule has 5 heteroatoms. The summed E-state index contributed by atoms with van der Waals surface area (Å²) in [5, 5.41) is 3.46. The minimum Gasteiger partial charge on any atom is -0.465 e. The average molecular weight is 297 g/mol. The third-order valence-corrected chi connectivity index (χ3v) is 4.25. The van der Waals surface area contributed by atoms with Crippen molar-refractivity contribution in [2.45, 2.75) is 6.54 Å². The summed E-state index contributed by atoms with van der Waals surface area (Å²) >= 11 is 0. The molecule has 2 atom stereocenters. The van der Waals surface area contributed by atoms with Gasteiger partial charge < -0.3 is 10.1 Å². The third kappa shape index (κ3) is 3.14. The fourth-order valence-electron chi connectivity index (χ4n) is 3.20. The van der Waals surface area contributed by atoms with Crippen LogP contribution in [0.4, 0.5) is 0 Å². The Balaban J connectivity index is 0.00000147. The molecular weight excluding hydrogens is 276 g/mol. The second kappa shape index (κ2) is 6.57. The van der Waals surface area contributed by atoms with Crippen molar-refractivity contribution in [1.29, 1.82) is 0 Å². The van der Waals surface area contributed by atoms with E-state index < -0.39 is 0 Å². The van der Waals surface area contributed by atoms with Crippen LogP contribution in [0, 0.1) is 11.8 Å². The van der Waals surface area contributed by atoms with Gasteiger partial charge in [0.05, 0.1) is 12.7 Å². The SMILES string of the molecule is COC(=O)c1ccc(CN2C[C@H]3CNC[C@H]3C2)cc1.Cl. The van der Waals surface area contributed by atoms with Crippen molar-refractivity contribution in [3.05, 3.63) is 35.4 Å². The molecule has 0 radical (unpaired) electrons. The van der Waals surface area contributed by atoms with Crippen LogP contribution in [0.1, 0.15) is 15.9 Å². The summed E-state index contributed by atoms with van der Waals surface area (Å²) in [4.78, 5) is 13.9. The van der Waals surface area contributed by atoms with Crippen molar-refractivity contribution in [1.82, 2.24) is 10.2 Å². The fraction of sp³-hybridized carbons (Fsp3) is 0.533. The van der Waals surface area contributed by atoms with Crippen molar-refractivity contribution in [2.75, 3.05) is 33.3 Å². The summed E-state index contributed by atoms with van der Waals surface area (Å²) in [5.74, 6) is 1.39. The van der Waals surface area contributed by atoms with E-state index in [1.807, 2.05) is 24.3 Å². The van der Waals surface area contributed by atoms with Crippen molar-refractivity contribution >= 4 is 18.4 Å². The minimum absolute atomic E-state index is 0. The molecule has 1 aromatic carbocycles. The summed E-state index contributed by atoms with van der Waals surface area (Å²) in [6.45, 7) is 5.70. The van der Waals surface area contributed by atoms with Gasteiger partial charge in [0.2, 0.25) is 0 Å². The molecule has 110 valence electrons. The molecule has 0 bridgehead atoms. The van der Waals surface area contributed by atoms with Gasteiger partial charge in [0, 0.05) is 19.6 Å². The molecule has 0 saturated carbocycles. The maximum atomic E-state index is 11.4. The number of hydrogen-bond donors (Lipinski definition) is 1. The van der Waals surface area contributed by atoms with Crippen LogP contribution >= 0.6 is 12.4 Å². The molecule has 1 N–H and O–H groups in total. The highest BCUT2D eigenvalue weighted by Crippen LogP contribution is 2.27. The Labute approximate surface area is 125 Å². The lowest BCUT2D eigenvalue weighted by molar-refractivity contribution is 0.0600. The van der Waals surface area contributed by atoms with E-state index in [0.29, 0.717) is 5.56 Å². The van der Waals surface area contributed by atoms with Gasteiger partial charge in [-0.25, -0.2) is 4.79 Å². The second-order valence-corrected chi connectivity index (χ2v) is 5.56. The Morgan fingerprint density at radius 2 is 1.85 bits per heavy atom. The molecule has 3 rings (SSSR count). The van der Waals surface area contributed by atoms with Gasteiger partial charge in [-0.2, -0.15) is 0 Å². The Morgan fingerprint density at radius 3 is 2.40 bits per heavy atom. The summed E-state index contributed by atoms with van der Waals surface area (Å²) in [6, 6.07) is 7.75. The van der Waals surface area contributed by atoms with Crippen LogP contribution in [0.5, 0.6) is 0 Å². The number of nitrogens with one attached hydrogen (secondary N) is 1. The number of halogens is 1. The van der Waals surface area contributed by atoms with Gasteiger partial charge in [0.25, 0.3) is 0 Å². The van der Waals surface area contributed by atoms with E-state index in [2.05, 4.69) is 10.2 Å². The van der Waals surface area contributed by atoms with Gasteiger partial charge in [-0.1, -0.05) is 12.1 Å². The molecule has 2 heterocycles. The van der Waals surface area contributed by atoms with Gasteiger partial charge in [0.15, 0.2) is 0 Å². The first kappa shape index (κ1) is 15.3. The standard InChI is InChI=1S/C15H20N2O2.ClH/c1-19-15(18)12-4-2-11(3-5-12)8-17-9-13-6-16-7-14(13)10-17;/h2-5,13-14,16H,6-10H2,1H3;1H/t13-,14+;. The first-order valence-electron chi connectivity index (χ1n) is 6.86. The summed E-state index contributed by atoms with van der Waals surface area (Å²) < 4.78 is 4.70. The number of carbonyl (C=O) groups is 1. The van der Waals surface area contributed by atoms with Gasteiger partial charge in [-0.15, -0.1) is 12.4 Å². The number of likely N-dealkylation sites (tertiary alicyclic amines) is 1. The Kier molecular flexibility index (Phi) is 5.02. The van der Waals surface area contributed by atoms with Crippen LogP contribution in [0.15, 0.2) is 24.3 Å². The van der Waals surface area contributed by atoms with Gasteiger partial charge in [-0.3, -0.25) is 4.90 Å². The fourth-order valence-corrected chi connectivity index (χ4v) is 3.20. The van der Waals surface area contributed by atoms with Crippen molar-refractivity contribution in [2.24, 2.45) is 11.8 Å². The van der Waals surface area contributed by atoms with Crippen molar-refractivity contribution in [3.63, 3.8) is 0 Å². The molecule has 20 heavy (non-hydrogen) atoms. The number of esters is 1.